The Morgan fingerprint density at radius 1 is 1.14 bits per heavy atom. The lowest BCUT2D eigenvalue weighted by atomic mass is 10.1. The summed E-state index contributed by atoms with van der Waals surface area (Å²) >= 11 is 0. The molecule has 0 heterocycles. The molecular weight excluding hydrogens is 266 g/mol. The molecule has 120 valence electrons. The van der Waals surface area contributed by atoms with Gasteiger partial charge in [0, 0.05) is 25.8 Å². The SMILES string of the molecule is CCC(CC)COc1ccc(OC)cc1CNCCOC. The second-order valence-corrected chi connectivity index (χ2v) is 5.14. The lowest BCUT2D eigenvalue weighted by molar-refractivity contribution is 0.198. The molecule has 0 aromatic heterocycles. The Balaban J connectivity index is 2.66. The van der Waals surface area contributed by atoms with Crippen LogP contribution in [0.5, 0.6) is 11.5 Å². The second-order valence-electron chi connectivity index (χ2n) is 5.14. The van der Waals surface area contributed by atoms with Gasteiger partial charge < -0.3 is 19.5 Å². The minimum atomic E-state index is 0.612. The van der Waals surface area contributed by atoms with Gasteiger partial charge in [0.15, 0.2) is 0 Å². The summed E-state index contributed by atoms with van der Waals surface area (Å²) in [6, 6.07) is 5.97. The van der Waals surface area contributed by atoms with Gasteiger partial charge in [0.2, 0.25) is 0 Å². The van der Waals surface area contributed by atoms with Crippen LogP contribution >= 0.6 is 0 Å². The van der Waals surface area contributed by atoms with E-state index in [2.05, 4.69) is 19.2 Å². The summed E-state index contributed by atoms with van der Waals surface area (Å²) < 4.78 is 16.4. The molecule has 0 saturated carbocycles. The van der Waals surface area contributed by atoms with E-state index in [0.29, 0.717) is 12.5 Å². The molecule has 0 saturated heterocycles. The number of rotatable bonds is 11. The first-order valence-corrected chi connectivity index (χ1v) is 7.74. The van der Waals surface area contributed by atoms with Gasteiger partial charge in [-0.1, -0.05) is 26.7 Å². The van der Waals surface area contributed by atoms with Gasteiger partial charge in [-0.05, 0) is 24.1 Å². The summed E-state index contributed by atoms with van der Waals surface area (Å²) in [4.78, 5) is 0. The molecule has 0 aliphatic carbocycles. The second kappa shape index (κ2) is 10.5. The molecule has 4 nitrogen and oxygen atoms in total. The van der Waals surface area contributed by atoms with Gasteiger partial charge in [0.05, 0.1) is 20.3 Å². The Hall–Kier alpha value is -1.26. The molecule has 0 unspecified atom stereocenters. The smallest absolute Gasteiger partial charge is 0.124 e. The zero-order chi connectivity index (χ0) is 15.5. The van der Waals surface area contributed by atoms with Crippen molar-refractivity contribution in [2.75, 3.05) is 34.0 Å². The van der Waals surface area contributed by atoms with Gasteiger partial charge in [-0.3, -0.25) is 0 Å². The van der Waals surface area contributed by atoms with Crippen LogP contribution in [0.1, 0.15) is 32.3 Å². The highest BCUT2D eigenvalue weighted by Crippen LogP contribution is 2.25. The number of ether oxygens (including phenoxy) is 3. The number of benzene rings is 1. The van der Waals surface area contributed by atoms with E-state index >= 15 is 0 Å². The predicted octanol–water partition coefficient (Wildman–Crippen LogP) is 3.25. The zero-order valence-corrected chi connectivity index (χ0v) is 13.8. The highest BCUT2D eigenvalue weighted by Gasteiger charge is 2.09. The van der Waals surface area contributed by atoms with E-state index < -0.39 is 0 Å². The average Bonchev–Trinajstić information content (AvgIpc) is 2.53. The molecular formula is C17H29NO3. The van der Waals surface area contributed by atoms with E-state index in [1.807, 2.05) is 18.2 Å². The molecule has 0 bridgehead atoms. The van der Waals surface area contributed by atoms with Crippen molar-refractivity contribution in [1.82, 2.24) is 5.32 Å². The molecule has 1 N–H and O–H groups in total. The van der Waals surface area contributed by atoms with E-state index in [9.17, 15) is 0 Å². The summed E-state index contributed by atoms with van der Waals surface area (Å²) in [6.07, 6.45) is 2.29. The van der Waals surface area contributed by atoms with Gasteiger partial charge in [-0.25, -0.2) is 0 Å². The van der Waals surface area contributed by atoms with Crippen molar-refractivity contribution in [1.29, 1.82) is 0 Å². The third kappa shape index (κ3) is 6.36. The molecule has 0 aliphatic rings. The van der Waals surface area contributed by atoms with Crippen LogP contribution in [0.3, 0.4) is 0 Å². The van der Waals surface area contributed by atoms with Gasteiger partial charge in [0.25, 0.3) is 0 Å². The standard InChI is InChI=1S/C17H29NO3/c1-5-14(6-2)13-21-17-8-7-16(20-4)11-15(17)12-18-9-10-19-3/h7-8,11,14,18H,5-6,9-10,12-13H2,1-4H3. The normalized spacial score (nSPS) is 10.9. The molecule has 0 spiro atoms. The van der Waals surface area contributed by atoms with E-state index in [1.54, 1.807) is 14.2 Å². The van der Waals surface area contributed by atoms with E-state index in [0.717, 1.165) is 49.6 Å². The minimum absolute atomic E-state index is 0.612. The van der Waals surface area contributed by atoms with E-state index in [1.165, 1.54) is 0 Å². The van der Waals surface area contributed by atoms with Crippen LogP contribution in [0, 0.1) is 5.92 Å². The lowest BCUT2D eigenvalue weighted by Crippen LogP contribution is -2.19. The highest BCUT2D eigenvalue weighted by atomic mass is 16.5. The molecule has 1 aromatic carbocycles. The van der Waals surface area contributed by atoms with Crippen LogP contribution in [0.2, 0.25) is 0 Å². The van der Waals surface area contributed by atoms with Crippen molar-refractivity contribution >= 4 is 0 Å². The first kappa shape index (κ1) is 17.8. The highest BCUT2D eigenvalue weighted by molar-refractivity contribution is 5.40. The maximum absolute atomic E-state index is 6.01. The Morgan fingerprint density at radius 2 is 1.90 bits per heavy atom. The van der Waals surface area contributed by atoms with E-state index in [-0.39, 0.29) is 0 Å². The number of hydrogen-bond acceptors (Lipinski definition) is 4. The molecule has 21 heavy (non-hydrogen) atoms. The quantitative estimate of drug-likeness (QED) is 0.636. The van der Waals surface area contributed by atoms with Crippen molar-refractivity contribution < 1.29 is 14.2 Å². The third-order valence-corrected chi connectivity index (χ3v) is 3.70. The Labute approximate surface area is 128 Å². The van der Waals surface area contributed by atoms with Crippen molar-refractivity contribution in [3.8, 4) is 11.5 Å². The fourth-order valence-corrected chi connectivity index (χ4v) is 2.09. The van der Waals surface area contributed by atoms with Gasteiger partial charge in [-0.2, -0.15) is 0 Å². The van der Waals surface area contributed by atoms with Crippen LogP contribution in [0.25, 0.3) is 0 Å². The van der Waals surface area contributed by atoms with Crippen LogP contribution in [0.15, 0.2) is 18.2 Å². The summed E-state index contributed by atoms with van der Waals surface area (Å²) in [5, 5.41) is 3.35. The number of hydrogen-bond donors (Lipinski definition) is 1. The molecule has 1 aromatic rings. The van der Waals surface area contributed by atoms with Crippen molar-refractivity contribution in [2.45, 2.75) is 33.2 Å². The van der Waals surface area contributed by atoms with E-state index in [4.69, 9.17) is 14.2 Å². The van der Waals surface area contributed by atoms with Crippen molar-refractivity contribution in [2.24, 2.45) is 5.92 Å². The van der Waals surface area contributed by atoms with Crippen LogP contribution in [-0.4, -0.2) is 34.0 Å². The maximum atomic E-state index is 6.01. The summed E-state index contributed by atoms with van der Waals surface area (Å²) in [6.45, 7) is 7.45. The Morgan fingerprint density at radius 3 is 2.52 bits per heavy atom. The number of nitrogens with one attached hydrogen (secondary N) is 1. The molecule has 0 radical (unpaired) electrons. The zero-order valence-electron chi connectivity index (χ0n) is 13.8. The van der Waals surface area contributed by atoms with Crippen molar-refractivity contribution in [3.05, 3.63) is 23.8 Å². The Kier molecular flexibility index (Phi) is 8.87. The molecule has 0 fully saturated rings. The Bertz CT molecular complexity index is 392. The molecule has 0 atom stereocenters. The van der Waals surface area contributed by atoms with Crippen LogP contribution in [0.4, 0.5) is 0 Å². The summed E-state index contributed by atoms with van der Waals surface area (Å²) in [7, 11) is 3.39. The minimum Gasteiger partial charge on any atom is -0.497 e. The monoisotopic (exact) mass is 295 g/mol. The first-order valence-electron chi connectivity index (χ1n) is 7.74. The van der Waals surface area contributed by atoms with Gasteiger partial charge in [0.1, 0.15) is 11.5 Å². The molecule has 4 heteroatoms. The lowest BCUT2D eigenvalue weighted by Gasteiger charge is -2.17. The topological polar surface area (TPSA) is 39.7 Å². The van der Waals surface area contributed by atoms with Gasteiger partial charge >= 0.3 is 0 Å². The van der Waals surface area contributed by atoms with Crippen LogP contribution in [-0.2, 0) is 11.3 Å². The summed E-state index contributed by atoms with van der Waals surface area (Å²) in [5.74, 6) is 2.41. The summed E-state index contributed by atoms with van der Waals surface area (Å²) in [5.41, 5.74) is 1.12. The van der Waals surface area contributed by atoms with Crippen LogP contribution < -0.4 is 14.8 Å². The third-order valence-electron chi connectivity index (χ3n) is 3.70. The fraction of sp³-hybridized carbons (Fsp3) is 0.647. The molecule has 0 aliphatic heterocycles. The maximum Gasteiger partial charge on any atom is 0.124 e. The van der Waals surface area contributed by atoms with Crippen molar-refractivity contribution in [3.63, 3.8) is 0 Å². The molecule has 1 rings (SSSR count). The predicted molar refractivity (Wildman–Crippen MR) is 86.1 cm³/mol. The largest absolute Gasteiger partial charge is 0.497 e. The molecule has 0 amide bonds. The average molecular weight is 295 g/mol. The van der Waals surface area contributed by atoms with Gasteiger partial charge in [-0.15, -0.1) is 0 Å². The fourth-order valence-electron chi connectivity index (χ4n) is 2.09. The number of methoxy groups -OCH3 is 2. The first-order chi connectivity index (χ1) is 10.2.